The van der Waals surface area contributed by atoms with Crippen LogP contribution in [0.5, 0.6) is 17.2 Å². The van der Waals surface area contributed by atoms with E-state index in [0.29, 0.717) is 33.8 Å². The molecule has 0 fully saturated rings. The number of nitrogens with one attached hydrogen (secondary N) is 1. The van der Waals surface area contributed by atoms with Gasteiger partial charge in [-0.05, 0) is 32.0 Å². The number of ether oxygens (including phenoxy) is 3. The van der Waals surface area contributed by atoms with E-state index in [2.05, 4.69) is 20.7 Å². The molecule has 1 N–H and O–H groups in total. The molecule has 1 aromatic heterocycles. The molecule has 0 saturated heterocycles. The maximum absolute atomic E-state index is 12.6. The lowest BCUT2D eigenvalue weighted by atomic mass is 10.1. The Hall–Kier alpha value is -4.31. The monoisotopic (exact) mass is 531 g/mol. The summed E-state index contributed by atoms with van der Waals surface area (Å²) in [4.78, 5) is 12.6. The molecule has 10 heteroatoms. The number of nitrogens with zero attached hydrogens (tertiary/aromatic N) is 4. The first-order valence-electron chi connectivity index (χ1n) is 11.8. The summed E-state index contributed by atoms with van der Waals surface area (Å²) in [5.74, 6) is 2.10. The summed E-state index contributed by atoms with van der Waals surface area (Å²) in [5.41, 5.74) is 7.34. The topological polar surface area (TPSA) is 99.9 Å². The Labute approximate surface area is 225 Å². The van der Waals surface area contributed by atoms with Crippen molar-refractivity contribution in [2.45, 2.75) is 19.0 Å². The lowest BCUT2D eigenvalue weighted by Gasteiger charge is -2.12. The number of hydrogen-bond acceptors (Lipinski definition) is 8. The van der Waals surface area contributed by atoms with Gasteiger partial charge in [0, 0.05) is 22.9 Å². The lowest BCUT2D eigenvalue weighted by Crippen LogP contribution is -2.20. The molecular formula is C28H29N5O4S. The van der Waals surface area contributed by atoms with Crippen LogP contribution in [0.1, 0.15) is 16.7 Å². The van der Waals surface area contributed by atoms with Crippen LogP contribution in [0.3, 0.4) is 0 Å². The zero-order chi connectivity index (χ0) is 27.1. The highest BCUT2D eigenvalue weighted by atomic mass is 32.2. The minimum atomic E-state index is -0.291. The largest absolute Gasteiger partial charge is 0.496 e. The highest BCUT2D eigenvalue weighted by Gasteiger charge is 2.17. The molecule has 1 amide bonds. The molecule has 4 rings (SSSR count). The summed E-state index contributed by atoms with van der Waals surface area (Å²) in [7, 11) is 4.64. The number of amides is 1. The number of aromatic nitrogens is 3. The zero-order valence-corrected chi connectivity index (χ0v) is 22.7. The van der Waals surface area contributed by atoms with Crippen LogP contribution >= 0.6 is 11.8 Å². The predicted molar refractivity (Wildman–Crippen MR) is 149 cm³/mol. The number of aryl methyl sites for hydroxylation is 2. The predicted octanol–water partition coefficient (Wildman–Crippen LogP) is 4.82. The van der Waals surface area contributed by atoms with E-state index >= 15 is 0 Å². The second-order valence-electron chi connectivity index (χ2n) is 8.37. The van der Waals surface area contributed by atoms with Gasteiger partial charge in [0.15, 0.2) is 22.5 Å². The van der Waals surface area contributed by atoms with E-state index in [4.69, 9.17) is 14.2 Å². The van der Waals surface area contributed by atoms with Crippen LogP contribution in [-0.4, -0.2) is 54.0 Å². The van der Waals surface area contributed by atoms with Gasteiger partial charge in [-0.25, -0.2) is 5.43 Å². The summed E-state index contributed by atoms with van der Waals surface area (Å²) in [6.45, 7) is 4.08. The molecule has 4 aromatic rings. The Morgan fingerprint density at radius 3 is 2.13 bits per heavy atom. The maximum Gasteiger partial charge on any atom is 0.250 e. The Balaban J connectivity index is 1.50. The van der Waals surface area contributed by atoms with E-state index in [1.165, 1.54) is 18.0 Å². The molecule has 0 spiro atoms. The lowest BCUT2D eigenvalue weighted by molar-refractivity contribution is -0.118. The molecule has 0 atom stereocenters. The van der Waals surface area contributed by atoms with Crippen molar-refractivity contribution in [2.24, 2.45) is 5.10 Å². The minimum Gasteiger partial charge on any atom is -0.496 e. The first kappa shape index (κ1) is 26.7. The van der Waals surface area contributed by atoms with Crippen molar-refractivity contribution < 1.29 is 19.0 Å². The molecule has 0 radical (unpaired) electrons. The van der Waals surface area contributed by atoms with Gasteiger partial charge in [0.2, 0.25) is 0 Å². The Morgan fingerprint density at radius 2 is 1.50 bits per heavy atom. The third kappa shape index (κ3) is 6.15. The van der Waals surface area contributed by atoms with Crippen LogP contribution in [0.25, 0.3) is 17.1 Å². The van der Waals surface area contributed by atoms with Gasteiger partial charge in [-0.1, -0.05) is 59.3 Å². The molecule has 1 heterocycles. The molecule has 9 nitrogen and oxygen atoms in total. The van der Waals surface area contributed by atoms with Gasteiger partial charge >= 0.3 is 0 Å². The number of hydrazone groups is 1. The average Bonchev–Trinajstić information content (AvgIpc) is 3.36. The van der Waals surface area contributed by atoms with Gasteiger partial charge in [0.05, 0.1) is 33.3 Å². The fourth-order valence-corrected chi connectivity index (χ4v) is 4.41. The first-order chi connectivity index (χ1) is 18.4. The van der Waals surface area contributed by atoms with E-state index in [-0.39, 0.29) is 11.7 Å². The van der Waals surface area contributed by atoms with Gasteiger partial charge in [-0.2, -0.15) is 5.10 Å². The van der Waals surface area contributed by atoms with Gasteiger partial charge in [-0.15, -0.1) is 10.2 Å². The van der Waals surface area contributed by atoms with Crippen LogP contribution in [0, 0.1) is 13.8 Å². The van der Waals surface area contributed by atoms with Crippen molar-refractivity contribution in [1.29, 1.82) is 0 Å². The quantitative estimate of drug-likeness (QED) is 0.178. The fraction of sp³-hybridized carbons (Fsp3) is 0.214. The third-order valence-electron chi connectivity index (χ3n) is 5.70. The molecule has 0 aliphatic carbocycles. The summed E-state index contributed by atoms with van der Waals surface area (Å²) in [5, 5.41) is 13.5. The number of benzene rings is 3. The van der Waals surface area contributed by atoms with Gasteiger partial charge < -0.3 is 14.2 Å². The summed E-state index contributed by atoms with van der Waals surface area (Å²) < 4.78 is 18.0. The number of carbonyl (C=O) groups excluding carboxylic acids is 1. The Morgan fingerprint density at radius 1 is 0.895 bits per heavy atom. The van der Waals surface area contributed by atoms with Crippen LogP contribution in [0.4, 0.5) is 0 Å². The van der Waals surface area contributed by atoms with E-state index in [1.807, 2.05) is 66.9 Å². The van der Waals surface area contributed by atoms with E-state index < -0.39 is 0 Å². The highest BCUT2D eigenvalue weighted by molar-refractivity contribution is 7.99. The fourth-order valence-electron chi connectivity index (χ4n) is 3.67. The molecule has 38 heavy (non-hydrogen) atoms. The molecule has 3 aromatic carbocycles. The van der Waals surface area contributed by atoms with E-state index in [9.17, 15) is 4.79 Å². The summed E-state index contributed by atoms with van der Waals surface area (Å²) in [6, 6.07) is 19.6. The standard InChI is InChI=1S/C28H29N5O4S/c1-18-6-10-20(11-7-18)27-31-32-28(33(27)22-12-8-19(2)9-13-22)38-17-26(34)30-29-16-21-14-24(36-4)25(37-5)15-23(21)35-3/h6-16H,17H2,1-5H3,(H,30,34)/b29-16+. The van der Waals surface area contributed by atoms with Crippen molar-refractivity contribution in [2.75, 3.05) is 27.1 Å². The number of rotatable bonds is 10. The molecular weight excluding hydrogens is 502 g/mol. The molecule has 0 bridgehead atoms. The number of methoxy groups -OCH3 is 3. The van der Waals surface area contributed by atoms with Crippen LogP contribution in [-0.2, 0) is 4.79 Å². The number of thioether (sulfide) groups is 1. The van der Waals surface area contributed by atoms with Gasteiger partial charge in [0.1, 0.15) is 5.75 Å². The molecule has 0 aliphatic rings. The van der Waals surface area contributed by atoms with E-state index in [1.54, 1.807) is 33.5 Å². The van der Waals surface area contributed by atoms with Crippen molar-refractivity contribution in [3.05, 3.63) is 77.4 Å². The van der Waals surface area contributed by atoms with E-state index in [0.717, 1.165) is 22.4 Å². The second-order valence-corrected chi connectivity index (χ2v) is 9.32. The Bertz CT molecular complexity index is 1430. The molecule has 0 saturated carbocycles. The van der Waals surface area contributed by atoms with Gasteiger partial charge in [0.25, 0.3) is 5.91 Å². The summed E-state index contributed by atoms with van der Waals surface area (Å²) in [6.07, 6.45) is 1.49. The van der Waals surface area contributed by atoms with Crippen molar-refractivity contribution in [3.8, 4) is 34.3 Å². The van der Waals surface area contributed by atoms with Crippen molar-refractivity contribution in [3.63, 3.8) is 0 Å². The SMILES string of the molecule is COc1cc(OC)c(OC)cc1/C=N/NC(=O)CSc1nnc(-c2ccc(C)cc2)n1-c1ccc(C)cc1. The number of carbonyl (C=O) groups is 1. The third-order valence-corrected chi connectivity index (χ3v) is 6.63. The maximum atomic E-state index is 12.6. The van der Waals surface area contributed by atoms with Gasteiger partial charge in [-0.3, -0.25) is 9.36 Å². The van der Waals surface area contributed by atoms with Crippen molar-refractivity contribution >= 4 is 23.9 Å². The second kappa shape index (κ2) is 12.3. The average molecular weight is 532 g/mol. The zero-order valence-electron chi connectivity index (χ0n) is 21.9. The summed E-state index contributed by atoms with van der Waals surface area (Å²) >= 11 is 1.28. The molecule has 0 unspecified atom stereocenters. The van der Waals surface area contributed by atoms with Crippen LogP contribution < -0.4 is 19.6 Å². The first-order valence-corrected chi connectivity index (χ1v) is 12.8. The van der Waals surface area contributed by atoms with Crippen LogP contribution in [0.15, 0.2) is 70.9 Å². The Kier molecular flexibility index (Phi) is 8.65. The molecule has 196 valence electrons. The highest BCUT2D eigenvalue weighted by Crippen LogP contribution is 2.34. The normalized spacial score (nSPS) is 11.0. The number of hydrogen-bond donors (Lipinski definition) is 1. The smallest absolute Gasteiger partial charge is 0.250 e. The molecule has 0 aliphatic heterocycles. The minimum absolute atomic E-state index is 0.0955. The van der Waals surface area contributed by atoms with Crippen molar-refractivity contribution in [1.82, 2.24) is 20.2 Å². The van der Waals surface area contributed by atoms with Crippen LogP contribution in [0.2, 0.25) is 0 Å².